The molecule has 0 spiro atoms. The van der Waals surface area contributed by atoms with E-state index in [1.54, 1.807) is 0 Å². The van der Waals surface area contributed by atoms with Gasteiger partial charge in [0.25, 0.3) is 0 Å². The zero-order valence-corrected chi connectivity index (χ0v) is 7.92. The summed E-state index contributed by atoms with van der Waals surface area (Å²) >= 11 is 0. The van der Waals surface area contributed by atoms with Crippen LogP contribution in [0, 0.1) is 0 Å². The second kappa shape index (κ2) is 6.09. The van der Waals surface area contributed by atoms with Crippen molar-refractivity contribution >= 4 is 11.9 Å². The number of hydrogen-bond donors (Lipinski definition) is 0. The highest BCUT2D eigenvalue weighted by Crippen LogP contribution is 2.24. The number of carbonyl (C=O) groups is 2. The summed E-state index contributed by atoms with van der Waals surface area (Å²) in [6, 6.07) is 0. The Morgan fingerprint density at radius 1 is 1.25 bits per heavy atom. The van der Waals surface area contributed by atoms with E-state index in [1.165, 1.54) is 0 Å². The first-order chi connectivity index (χ1) is 7.32. The van der Waals surface area contributed by atoms with Crippen molar-refractivity contribution in [3.63, 3.8) is 0 Å². The molecule has 0 heterocycles. The van der Waals surface area contributed by atoms with Crippen LogP contribution >= 0.6 is 0 Å². The van der Waals surface area contributed by atoms with Crippen LogP contribution in [0.1, 0.15) is 0 Å². The number of alkyl halides is 4. The van der Waals surface area contributed by atoms with Crippen LogP contribution in [0.15, 0.2) is 12.7 Å². The molecule has 0 aliphatic carbocycles. The van der Waals surface area contributed by atoms with E-state index in [1.807, 2.05) is 0 Å². The number of hydrogen-bond acceptors (Lipinski definition) is 4. The third kappa shape index (κ3) is 4.28. The number of halogens is 4. The first kappa shape index (κ1) is 14.4. The molecule has 0 N–H and O–H groups in total. The van der Waals surface area contributed by atoms with E-state index in [9.17, 15) is 27.2 Å². The van der Waals surface area contributed by atoms with E-state index in [2.05, 4.69) is 16.1 Å². The largest absolute Gasteiger partial charge is 0.459 e. The second-order valence-corrected chi connectivity index (χ2v) is 2.43. The van der Waals surface area contributed by atoms with E-state index >= 15 is 0 Å². The lowest BCUT2D eigenvalue weighted by Gasteiger charge is -2.13. The van der Waals surface area contributed by atoms with Gasteiger partial charge in [-0.2, -0.15) is 8.78 Å². The van der Waals surface area contributed by atoms with Crippen LogP contribution < -0.4 is 0 Å². The summed E-state index contributed by atoms with van der Waals surface area (Å²) in [5.41, 5.74) is 0. The Hall–Kier alpha value is -1.60. The number of esters is 2. The summed E-state index contributed by atoms with van der Waals surface area (Å²) in [6.07, 6.45) is -3.34. The van der Waals surface area contributed by atoms with Crippen LogP contribution in [0.2, 0.25) is 0 Å². The van der Waals surface area contributed by atoms with E-state index in [-0.39, 0.29) is 0 Å². The maximum atomic E-state index is 12.2. The normalized spacial score (nSPS) is 11.1. The SMILES string of the molecule is C=CC(=O)OCCOC(=O)C(F)(F)C(F)F. The summed E-state index contributed by atoms with van der Waals surface area (Å²) in [5.74, 6) is -8.07. The Morgan fingerprint density at radius 3 is 2.19 bits per heavy atom. The molecule has 16 heavy (non-hydrogen) atoms. The summed E-state index contributed by atoms with van der Waals surface area (Å²) in [4.78, 5) is 20.8. The third-order valence-electron chi connectivity index (χ3n) is 1.27. The fraction of sp³-hybridized carbons (Fsp3) is 0.500. The topological polar surface area (TPSA) is 52.6 Å². The van der Waals surface area contributed by atoms with Gasteiger partial charge in [0.2, 0.25) is 0 Å². The van der Waals surface area contributed by atoms with Crippen LogP contribution in [-0.2, 0) is 19.1 Å². The Balaban J connectivity index is 3.91. The first-order valence-corrected chi connectivity index (χ1v) is 3.94. The van der Waals surface area contributed by atoms with Gasteiger partial charge >= 0.3 is 24.3 Å². The molecule has 0 aliphatic heterocycles. The zero-order chi connectivity index (χ0) is 12.8. The van der Waals surface area contributed by atoms with Gasteiger partial charge in [-0.1, -0.05) is 6.58 Å². The van der Waals surface area contributed by atoms with Gasteiger partial charge in [-0.05, 0) is 0 Å². The molecule has 0 atom stereocenters. The highest BCUT2D eigenvalue weighted by Gasteiger charge is 2.50. The Bertz CT molecular complexity index is 277. The predicted molar refractivity (Wildman–Crippen MR) is 43.1 cm³/mol. The molecule has 0 aromatic rings. The second-order valence-electron chi connectivity index (χ2n) is 2.43. The van der Waals surface area contributed by atoms with Gasteiger partial charge in [0.1, 0.15) is 13.2 Å². The fourth-order valence-electron chi connectivity index (χ4n) is 0.521. The van der Waals surface area contributed by atoms with Gasteiger partial charge in [0, 0.05) is 6.08 Å². The van der Waals surface area contributed by atoms with Crippen LogP contribution in [-0.4, -0.2) is 37.5 Å². The molecule has 0 saturated carbocycles. The molecule has 0 fully saturated rings. The number of ether oxygens (including phenoxy) is 2. The van der Waals surface area contributed by atoms with Crippen molar-refractivity contribution < 1.29 is 36.6 Å². The van der Waals surface area contributed by atoms with Gasteiger partial charge in [-0.3, -0.25) is 0 Å². The molecule has 92 valence electrons. The van der Waals surface area contributed by atoms with Crippen molar-refractivity contribution in [2.45, 2.75) is 12.3 Å². The van der Waals surface area contributed by atoms with E-state index < -0.39 is 37.5 Å². The molecule has 0 rings (SSSR count). The molecule has 0 saturated heterocycles. The molecule has 0 aromatic heterocycles. The van der Waals surface area contributed by atoms with Gasteiger partial charge in [0.15, 0.2) is 0 Å². The Labute approximate surface area is 87.8 Å². The quantitative estimate of drug-likeness (QED) is 0.304. The molecule has 0 amide bonds. The standard InChI is InChI=1S/C8H8F4O4/c1-2-5(13)15-3-4-16-7(14)8(11,12)6(9)10/h2,6H,1,3-4H2. The molecule has 4 nitrogen and oxygen atoms in total. The van der Waals surface area contributed by atoms with Crippen LogP contribution in [0.3, 0.4) is 0 Å². The maximum Gasteiger partial charge on any atom is 0.401 e. The number of rotatable bonds is 6. The van der Waals surface area contributed by atoms with Gasteiger partial charge < -0.3 is 9.47 Å². The predicted octanol–water partition coefficient (Wildman–Crippen LogP) is 1.16. The Kier molecular flexibility index (Phi) is 5.48. The minimum absolute atomic E-state index is 0.518. The van der Waals surface area contributed by atoms with Gasteiger partial charge in [-0.25, -0.2) is 18.4 Å². The third-order valence-corrected chi connectivity index (χ3v) is 1.27. The lowest BCUT2D eigenvalue weighted by Crippen LogP contribution is -2.38. The summed E-state index contributed by atoms with van der Waals surface area (Å²) < 4.78 is 55.7. The molecular weight excluding hydrogens is 236 g/mol. The monoisotopic (exact) mass is 244 g/mol. The van der Waals surface area contributed by atoms with Crippen LogP contribution in [0.4, 0.5) is 17.6 Å². The highest BCUT2D eigenvalue weighted by atomic mass is 19.3. The smallest absolute Gasteiger partial charge is 0.401 e. The minimum Gasteiger partial charge on any atom is -0.459 e. The van der Waals surface area contributed by atoms with Crippen molar-refractivity contribution in [3.8, 4) is 0 Å². The van der Waals surface area contributed by atoms with Crippen LogP contribution in [0.25, 0.3) is 0 Å². The minimum atomic E-state index is -4.86. The maximum absolute atomic E-state index is 12.2. The average Bonchev–Trinajstić information content (AvgIpc) is 2.23. The lowest BCUT2D eigenvalue weighted by molar-refractivity contribution is -0.195. The Morgan fingerprint density at radius 2 is 1.75 bits per heavy atom. The average molecular weight is 244 g/mol. The molecule has 0 unspecified atom stereocenters. The molecule has 0 bridgehead atoms. The van der Waals surface area contributed by atoms with Crippen molar-refractivity contribution in [1.29, 1.82) is 0 Å². The fourth-order valence-corrected chi connectivity index (χ4v) is 0.521. The summed E-state index contributed by atoms with van der Waals surface area (Å²) in [7, 11) is 0. The molecule has 0 aromatic carbocycles. The molecular formula is C8H8F4O4. The zero-order valence-electron chi connectivity index (χ0n) is 7.92. The van der Waals surface area contributed by atoms with Crippen molar-refractivity contribution in [1.82, 2.24) is 0 Å². The molecule has 0 aliphatic rings. The summed E-state index contributed by atoms with van der Waals surface area (Å²) in [6.45, 7) is 1.78. The van der Waals surface area contributed by atoms with Crippen molar-refractivity contribution in [2.75, 3.05) is 13.2 Å². The highest BCUT2D eigenvalue weighted by molar-refractivity contribution is 5.81. The van der Waals surface area contributed by atoms with E-state index in [0.717, 1.165) is 6.08 Å². The van der Waals surface area contributed by atoms with E-state index in [4.69, 9.17) is 0 Å². The summed E-state index contributed by atoms with van der Waals surface area (Å²) in [5, 5.41) is 0. The van der Waals surface area contributed by atoms with E-state index in [0.29, 0.717) is 0 Å². The lowest BCUT2D eigenvalue weighted by atomic mass is 10.3. The first-order valence-electron chi connectivity index (χ1n) is 3.94. The molecule has 8 heteroatoms. The van der Waals surface area contributed by atoms with Crippen molar-refractivity contribution in [3.05, 3.63) is 12.7 Å². The van der Waals surface area contributed by atoms with Gasteiger partial charge in [0.05, 0.1) is 0 Å². The number of carbonyl (C=O) groups excluding carboxylic acids is 2. The van der Waals surface area contributed by atoms with Crippen molar-refractivity contribution in [2.24, 2.45) is 0 Å². The van der Waals surface area contributed by atoms with Crippen LogP contribution in [0.5, 0.6) is 0 Å². The van der Waals surface area contributed by atoms with Gasteiger partial charge in [-0.15, -0.1) is 0 Å². The molecule has 0 radical (unpaired) electrons.